The smallest absolute Gasteiger partial charge is 0.142 e. The molecule has 1 heterocycles. The summed E-state index contributed by atoms with van der Waals surface area (Å²) in [4.78, 5) is 8.46. The first-order chi connectivity index (χ1) is 9.99. The van der Waals surface area contributed by atoms with Crippen LogP contribution in [-0.2, 0) is 5.75 Å². The fraction of sp³-hybridized carbons (Fsp3) is 0.333. The molecule has 1 aromatic heterocycles. The van der Waals surface area contributed by atoms with Gasteiger partial charge in [0.1, 0.15) is 21.9 Å². The fourth-order valence-electron chi connectivity index (χ4n) is 1.79. The molecule has 21 heavy (non-hydrogen) atoms. The number of thioether (sulfide) groups is 1. The van der Waals surface area contributed by atoms with Crippen LogP contribution in [0.1, 0.15) is 19.7 Å². The van der Waals surface area contributed by atoms with Crippen LogP contribution in [0, 0.1) is 11.7 Å². The van der Waals surface area contributed by atoms with Gasteiger partial charge in [0.2, 0.25) is 0 Å². The molecule has 0 aliphatic rings. The Morgan fingerprint density at radius 3 is 2.33 bits per heavy atom. The average molecular weight is 345 g/mol. The number of hydrogen-bond donors (Lipinski definition) is 0. The maximum atomic E-state index is 13.9. The summed E-state index contributed by atoms with van der Waals surface area (Å²) in [6.45, 7) is 4.30. The van der Waals surface area contributed by atoms with E-state index in [1.807, 2.05) is 0 Å². The van der Waals surface area contributed by atoms with Crippen LogP contribution >= 0.6 is 35.0 Å². The van der Waals surface area contributed by atoms with Crippen LogP contribution < -0.4 is 0 Å². The molecule has 2 nitrogen and oxygen atoms in total. The van der Waals surface area contributed by atoms with Crippen molar-refractivity contribution < 1.29 is 4.39 Å². The number of aromatic nitrogens is 2. The number of benzene rings is 1. The predicted molar refractivity (Wildman–Crippen MR) is 88.4 cm³/mol. The number of hydrogen-bond acceptors (Lipinski definition) is 3. The summed E-state index contributed by atoms with van der Waals surface area (Å²) in [6, 6.07) is 6.29. The molecule has 0 N–H and O–H groups in total. The molecule has 0 saturated heterocycles. The molecule has 0 amide bonds. The van der Waals surface area contributed by atoms with E-state index in [2.05, 4.69) is 23.8 Å². The van der Waals surface area contributed by atoms with Gasteiger partial charge in [0, 0.05) is 5.56 Å². The second-order valence-corrected chi connectivity index (χ2v) is 6.73. The van der Waals surface area contributed by atoms with E-state index in [-0.39, 0.29) is 10.3 Å². The van der Waals surface area contributed by atoms with Gasteiger partial charge in [-0.3, -0.25) is 0 Å². The van der Waals surface area contributed by atoms with Crippen molar-refractivity contribution in [2.75, 3.05) is 5.75 Å². The summed E-state index contributed by atoms with van der Waals surface area (Å²) < 4.78 is 13.9. The Morgan fingerprint density at radius 1 is 1.14 bits per heavy atom. The van der Waals surface area contributed by atoms with Crippen LogP contribution in [0.5, 0.6) is 0 Å². The molecule has 0 aliphatic carbocycles. The van der Waals surface area contributed by atoms with Crippen molar-refractivity contribution >= 4 is 35.0 Å². The molecular formula is C15H15Cl2FN2S. The van der Waals surface area contributed by atoms with Crippen molar-refractivity contribution in [1.29, 1.82) is 0 Å². The van der Waals surface area contributed by atoms with Crippen molar-refractivity contribution in [3.05, 3.63) is 46.2 Å². The Kier molecular flexibility index (Phi) is 5.85. The van der Waals surface area contributed by atoms with E-state index in [4.69, 9.17) is 23.2 Å². The summed E-state index contributed by atoms with van der Waals surface area (Å²) in [5.74, 6) is 2.41. The minimum absolute atomic E-state index is 0.181. The lowest BCUT2D eigenvalue weighted by Gasteiger charge is -2.09. The van der Waals surface area contributed by atoms with Gasteiger partial charge < -0.3 is 0 Å². The minimum atomic E-state index is -0.396. The summed E-state index contributed by atoms with van der Waals surface area (Å²) >= 11 is 14.1. The fourth-order valence-corrected chi connectivity index (χ4v) is 3.31. The minimum Gasteiger partial charge on any atom is -0.220 e. The maximum Gasteiger partial charge on any atom is 0.142 e. The van der Waals surface area contributed by atoms with E-state index in [1.54, 1.807) is 30.0 Å². The molecule has 0 saturated carbocycles. The molecule has 0 atom stereocenters. The maximum absolute atomic E-state index is 13.9. The van der Waals surface area contributed by atoms with Crippen molar-refractivity contribution in [3.63, 3.8) is 0 Å². The van der Waals surface area contributed by atoms with Crippen LogP contribution in [0.3, 0.4) is 0 Å². The van der Waals surface area contributed by atoms with Gasteiger partial charge in [-0.2, -0.15) is 11.8 Å². The van der Waals surface area contributed by atoms with E-state index in [0.29, 0.717) is 28.6 Å². The summed E-state index contributed by atoms with van der Waals surface area (Å²) in [5.41, 5.74) is 0.655. The Balaban J connectivity index is 2.28. The second kappa shape index (κ2) is 7.43. The Labute approximate surface area is 138 Å². The molecule has 0 unspecified atom stereocenters. The third-order valence-corrected chi connectivity index (χ3v) is 4.60. The molecule has 2 rings (SSSR count). The number of rotatable bonds is 5. The first-order valence-corrected chi connectivity index (χ1v) is 8.44. The highest BCUT2D eigenvalue weighted by atomic mass is 35.5. The van der Waals surface area contributed by atoms with E-state index < -0.39 is 5.82 Å². The molecule has 0 bridgehead atoms. The van der Waals surface area contributed by atoms with Gasteiger partial charge in [0.25, 0.3) is 0 Å². The first kappa shape index (κ1) is 16.5. The lowest BCUT2D eigenvalue weighted by molar-refractivity contribution is 0.631. The van der Waals surface area contributed by atoms with Gasteiger partial charge in [-0.05, 0) is 17.7 Å². The zero-order chi connectivity index (χ0) is 15.4. The van der Waals surface area contributed by atoms with E-state index >= 15 is 0 Å². The average Bonchev–Trinajstić information content (AvgIpc) is 2.39. The third-order valence-electron chi connectivity index (χ3n) is 2.69. The summed E-state index contributed by atoms with van der Waals surface area (Å²) in [5, 5.41) is 0.362. The predicted octanol–water partition coefficient (Wildman–Crippen LogP) is 5.48. The van der Waals surface area contributed by atoms with E-state index in [0.717, 1.165) is 5.75 Å². The van der Waals surface area contributed by atoms with Gasteiger partial charge in [-0.25, -0.2) is 14.4 Å². The molecular weight excluding hydrogens is 330 g/mol. The molecule has 1 aromatic carbocycles. The van der Waals surface area contributed by atoms with Gasteiger partial charge in [0.15, 0.2) is 0 Å². The number of nitrogens with zero attached hydrogens (tertiary/aromatic N) is 2. The van der Waals surface area contributed by atoms with Crippen LogP contribution in [-0.4, -0.2) is 15.7 Å². The summed E-state index contributed by atoms with van der Waals surface area (Å²) in [6.07, 6.45) is 0. The molecule has 112 valence electrons. The zero-order valence-corrected chi connectivity index (χ0v) is 14.1. The van der Waals surface area contributed by atoms with Crippen molar-refractivity contribution in [2.45, 2.75) is 19.6 Å². The van der Waals surface area contributed by atoms with Crippen LogP contribution in [0.2, 0.25) is 10.3 Å². The molecule has 0 aliphatic heterocycles. The SMILES string of the molecule is CC(C)CSCc1nc(Cl)c(-c2ccccc2F)c(Cl)n1. The van der Waals surface area contributed by atoms with Crippen LogP contribution in [0.15, 0.2) is 24.3 Å². The Morgan fingerprint density at radius 2 is 1.76 bits per heavy atom. The van der Waals surface area contributed by atoms with E-state index in [1.165, 1.54) is 6.07 Å². The largest absolute Gasteiger partial charge is 0.220 e. The van der Waals surface area contributed by atoms with Crippen LogP contribution in [0.4, 0.5) is 4.39 Å². The standard InChI is InChI=1S/C15H15Cl2FN2S/c1-9(2)7-21-8-12-19-14(16)13(15(17)20-12)10-5-3-4-6-11(10)18/h3-6,9H,7-8H2,1-2H3. The first-order valence-electron chi connectivity index (χ1n) is 6.53. The van der Waals surface area contributed by atoms with E-state index in [9.17, 15) is 4.39 Å². The lowest BCUT2D eigenvalue weighted by Crippen LogP contribution is -2.00. The molecule has 0 radical (unpaired) electrons. The number of halogens is 3. The molecule has 6 heteroatoms. The lowest BCUT2D eigenvalue weighted by atomic mass is 10.1. The third kappa shape index (κ3) is 4.31. The van der Waals surface area contributed by atoms with Crippen LogP contribution in [0.25, 0.3) is 11.1 Å². The monoisotopic (exact) mass is 344 g/mol. The Bertz CT molecular complexity index is 612. The van der Waals surface area contributed by atoms with Crippen molar-refractivity contribution in [3.8, 4) is 11.1 Å². The van der Waals surface area contributed by atoms with Crippen molar-refractivity contribution in [2.24, 2.45) is 5.92 Å². The Hall–Kier alpha value is -0.840. The molecule has 2 aromatic rings. The summed E-state index contributed by atoms with van der Waals surface area (Å²) in [7, 11) is 0. The quantitative estimate of drug-likeness (QED) is 0.671. The van der Waals surface area contributed by atoms with Gasteiger partial charge in [-0.1, -0.05) is 55.2 Å². The van der Waals surface area contributed by atoms with Gasteiger partial charge in [0.05, 0.1) is 11.3 Å². The highest BCUT2D eigenvalue weighted by Gasteiger charge is 2.16. The van der Waals surface area contributed by atoms with Gasteiger partial charge in [-0.15, -0.1) is 0 Å². The molecule has 0 fully saturated rings. The molecule has 0 spiro atoms. The highest BCUT2D eigenvalue weighted by molar-refractivity contribution is 7.98. The second-order valence-electron chi connectivity index (χ2n) is 4.99. The normalized spacial score (nSPS) is 11.1. The zero-order valence-electron chi connectivity index (χ0n) is 11.7. The topological polar surface area (TPSA) is 25.8 Å². The highest BCUT2D eigenvalue weighted by Crippen LogP contribution is 2.34. The van der Waals surface area contributed by atoms with Crippen molar-refractivity contribution in [1.82, 2.24) is 9.97 Å². The van der Waals surface area contributed by atoms with Gasteiger partial charge >= 0.3 is 0 Å².